The lowest BCUT2D eigenvalue weighted by Gasteiger charge is -2.12. The summed E-state index contributed by atoms with van der Waals surface area (Å²) in [6.07, 6.45) is -4.65. The number of nitrogens with one attached hydrogen (secondary N) is 1. The predicted molar refractivity (Wildman–Crippen MR) is 105 cm³/mol. The molecule has 8 heteroatoms. The van der Waals surface area contributed by atoms with Crippen molar-refractivity contribution >= 4 is 34.2 Å². The van der Waals surface area contributed by atoms with Crippen molar-refractivity contribution in [3.63, 3.8) is 0 Å². The van der Waals surface area contributed by atoms with Crippen LogP contribution >= 0.6 is 11.6 Å². The first-order valence-corrected chi connectivity index (χ1v) is 8.94. The lowest BCUT2D eigenvalue weighted by atomic mass is 10.1. The van der Waals surface area contributed by atoms with Crippen LogP contribution in [-0.4, -0.2) is 15.7 Å². The standard InChI is InChI=1S/C21H13ClF3N3O/c22-16-10-4-6-12-18(16)28-17-11-5-2-8-14(17)19(27-28)26-20(29)13-7-1-3-9-15(13)21(23,24)25/h1-12H,(H,26,27,29). The van der Waals surface area contributed by atoms with Crippen molar-refractivity contribution < 1.29 is 18.0 Å². The van der Waals surface area contributed by atoms with Gasteiger partial charge in [-0.25, -0.2) is 4.68 Å². The topological polar surface area (TPSA) is 46.9 Å². The molecule has 1 aromatic heterocycles. The molecular weight excluding hydrogens is 403 g/mol. The minimum Gasteiger partial charge on any atom is -0.305 e. The van der Waals surface area contributed by atoms with Crippen LogP contribution in [0.1, 0.15) is 15.9 Å². The number of benzene rings is 3. The molecule has 4 aromatic rings. The molecular formula is C21H13ClF3N3O. The number of amides is 1. The molecule has 1 heterocycles. The van der Waals surface area contributed by atoms with E-state index in [0.29, 0.717) is 21.6 Å². The van der Waals surface area contributed by atoms with E-state index in [2.05, 4.69) is 10.4 Å². The van der Waals surface area contributed by atoms with E-state index in [1.165, 1.54) is 12.1 Å². The third-order valence-electron chi connectivity index (χ3n) is 4.38. The van der Waals surface area contributed by atoms with Crippen LogP contribution < -0.4 is 5.32 Å². The number of hydrogen-bond donors (Lipinski definition) is 1. The van der Waals surface area contributed by atoms with E-state index in [0.717, 1.165) is 12.1 Å². The summed E-state index contributed by atoms with van der Waals surface area (Å²) in [6, 6.07) is 18.7. The number of aromatic nitrogens is 2. The second-order valence-electron chi connectivity index (χ2n) is 6.23. The summed E-state index contributed by atoms with van der Waals surface area (Å²) < 4.78 is 41.3. The number of nitrogens with zero attached hydrogens (tertiary/aromatic N) is 2. The third-order valence-corrected chi connectivity index (χ3v) is 4.70. The summed E-state index contributed by atoms with van der Waals surface area (Å²) in [5, 5.41) is 7.93. The molecule has 4 rings (SSSR count). The fourth-order valence-corrected chi connectivity index (χ4v) is 3.28. The van der Waals surface area contributed by atoms with Crippen molar-refractivity contribution in [1.29, 1.82) is 0 Å². The van der Waals surface area contributed by atoms with E-state index in [9.17, 15) is 18.0 Å². The Morgan fingerprint density at radius 3 is 2.34 bits per heavy atom. The third kappa shape index (κ3) is 3.56. The van der Waals surface area contributed by atoms with Gasteiger partial charge in [-0.05, 0) is 36.4 Å². The van der Waals surface area contributed by atoms with Crippen molar-refractivity contribution in [2.45, 2.75) is 6.18 Å². The summed E-state index contributed by atoms with van der Waals surface area (Å²) in [4.78, 5) is 12.7. The Morgan fingerprint density at radius 2 is 1.59 bits per heavy atom. The largest absolute Gasteiger partial charge is 0.417 e. The molecule has 0 saturated heterocycles. The summed E-state index contributed by atoms with van der Waals surface area (Å²) >= 11 is 6.27. The zero-order valence-corrected chi connectivity index (χ0v) is 15.5. The summed E-state index contributed by atoms with van der Waals surface area (Å²) in [5.74, 6) is -0.755. The Morgan fingerprint density at radius 1 is 0.931 bits per heavy atom. The molecule has 146 valence electrons. The van der Waals surface area contributed by atoms with Crippen LogP contribution in [0, 0.1) is 0 Å². The van der Waals surface area contributed by atoms with Crippen molar-refractivity contribution in [1.82, 2.24) is 9.78 Å². The normalized spacial score (nSPS) is 11.6. The van der Waals surface area contributed by atoms with Crippen LogP contribution in [0.2, 0.25) is 5.02 Å². The van der Waals surface area contributed by atoms with Gasteiger partial charge in [0.2, 0.25) is 0 Å². The molecule has 4 nitrogen and oxygen atoms in total. The van der Waals surface area contributed by atoms with Crippen LogP contribution in [0.4, 0.5) is 19.0 Å². The first-order chi connectivity index (χ1) is 13.9. The summed E-state index contributed by atoms with van der Waals surface area (Å²) in [7, 11) is 0. The van der Waals surface area contributed by atoms with Crippen LogP contribution in [0.25, 0.3) is 16.6 Å². The maximum absolute atomic E-state index is 13.3. The molecule has 1 N–H and O–H groups in total. The van der Waals surface area contributed by atoms with Gasteiger partial charge < -0.3 is 5.32 Å². The van der Waals surface area contributed by atoms with E-state index in [1.807, 2.05) is 0 Å². The van der Waals surface area contributed by atoms with Crippen LogP contribution in [0.15, 0.2) is 72.8 Å². The maximum Gasteiger partial charge on any atom is 0.417 e. The fraction of sp³-hybridized carbons (Fsp3) is 0.0476. The molecule has 0 radical (unpaired) electrons. The second-order valence-corrected chi connectivity index (χ2v) is 6.63. The first kappa shape index (κ1) is 19.0. The van der Waals surface area contributed by atoms with Crippen molar-refractivity contribution in [3.05, 3.63) is 88.9 Å². The monoisotopic (exact) mass is 415 g/mol. The lowest BCUT2D eigenvalue weighted by molar-refractivity contribution is -0.137. The van der Waals surface area contributed by atoms with Gasteiger partial charge in [-0.3, -0.25) is 4.79 Å². The van der Waals surface area contributed by atoms with Crippen LogP contribution in [0.3, 0.4) is 0 Å². The minimum atomic E-state index is -4.65. The number of hydrogen-bond acceptors (Lipinski definition) is 2. The molecule has 0 saturated carbocycles. The van der Waals surface area contributed by atoms with Gasteiger partial charge in [-0.1, -0.05) is 48.0 Å². The average Bonchev–Trinajstić information content (AvgIpc) is 3.06. The minimum absolute atomic E-state index is 0.141. The maximum atomic E-state index is 13.3. The molecule has 29 heavy (non-hydrogen) atoms. The Labute approximate surface area is 168 Å². The van der Waals surface area contributed by atoms with E-state index in [4.69, 9.17) is 11.6 Å². The second kappa shape index (κ2) is 7.25. The van der Waals surface area contributed by atoms with Crippen LogP contribution in [0.5, 0.6) is 0 Å². The Hall–Kier alpha value is -3.32. The van der Waals surface area contributed by atoms with E-state index in [-0.39, 0.29) is 5.82 Å². The highest BCUT2D eigenvalue weighted by molar-refractivity contribution is 6.32. The quantitative estimate of drug-likeness (QED) is 0.449. The molecule has 0 spiro atoms. The van der Waals surface area contributed by atoms with Gasteiger partial charge in [0.25, 0.3) is 5.91 Å². The molecule has 3 aromatic carbocycles. The van der Waals surface area contributed by atoms with Gasteiger partial charge in [-0.15, -0.1) is 5.10 Å². The van der Waals surface area contributed by atoms with Crippen molar-refractivity contribution in [2.75, 3.05) is 5.32 Å². The van der Waals surface area contributed by atoms with Gasteiger partial charge in [-0.2, -0.15) is 13.2 Å². The van der Waals surface area contributed by atoms with Gasteiger partial charge in [0.15, 0.2) is 5.82 Å². The molecule has 0 bridgehead atoms. The van der Waals surface area contributed by atoms with Gasteiger partial charge >= 0.3 is 6.18 Å². The highest BCUT2D eigenvalue weighted by atomic mass is 35.5. The molecule has 0 unspecified atom stereocenters. The molecule has 0 atom stereocenters. The molecule has 0 aliphatic carbocycles. The number of halogens is 4. The van der Waals surface area contributed by atoms with E-state index in [1.54, 1.807) is 53.2 Å². The molecule has 0 aliphatic heterocycles. The molecule has 0 fully saturated rings. The predicted octanol–water partition coefficient (Wildman–Crippen LogP) is 5.95. The van der Waals surface area contributed by atoms with E-state index >= 15 is 0 Å². The summed E-state index contributed by atoms with van der Waals surface area (Å²) in [6.45, 7) is 0. The Kier molecular flexibility index (Phi) is 4.76. The number of carbonyl (C=O) groups is 1. The highest BCUT2D eigenvalue weighted by Crippen LogP contribution is 2.33. The van der Waals surface area contributed by atoms with Gasteiger partial charge in [0.1, 0.15) is 0 Å². The highest BCUT2D eigenvalue weighted by Gasteiger charge is 2.35. The van der Waals surface area contributed by atoms with Gasteiger partial charge in [0, 0.05) is 5.39 Å². The smallest absolute Gasteiger partial charge is 0.305 e. The summed E-state index contributed by atoms with van der Waals surface area (Å²) in [5.41, 5.74) is -0.245. The van der Waals surface area contributed by atoms with Gasteiger partial charge in [0.05, 0.1) is 27.4 Å². The lowest BCUT2D eigenvalue weighted by Crippen LogP contribution is -2.19. The number of carbonyl (C=O) groups excluding carboxylic acids is 1. The van der Waals surface area contributed by atoms with Crippen molar-refractivity contribution in [3.8, 4) is 5.69 Å². The average molecular weight is 416 g/mol. The number of alkyl halides is 3. The Balaban J connectivity index is 1.79. The zero-order chi connectivity index (χ0) is 20.6. The van der Waals surface area contributed by atoms with Crippen LogP contribution in [-0.2, 0) is 6.18 Å². The number of rotatable bonds is 3. The Bertz CT molecular complexity index is 1220. The number of fused-ring (bicyclic) bond motifs is 1. The molecule has 1 amide bonds. The number of anilines is 1. The molecule has 0 aliphatic rings. The van der Waals surface area contributed by atoms with E-state index < -0.39 is 23.2 Å². The number of para-hydroxylation sites is 2. The first-order valence-electron chi connectivity index (χ1n) is 8.56. The fourth-order valence-electron chi connectivity index (χ4n) is 3.07. The van der Waals surface area contributed by atoms with Crippen molar-refractivity contribution in [2.24, 2.45) is 0 Å². The zero-order valence-electron chi connectivity index (χ0n) is 14.7. The SMILES string of the molecule is O=C(Nc1nn(-c2ccccc2Cl)c2ccccc12)c1ccccc1C(F)(F)F.